The summed E-state index contributed by atoms with van der Waals surface area (Å²) in [5.74, 6) is -1.15. The lowest BCUT2D eigenvalue weighted by atomic mass is 10.2. The van der Waals surface area contributed by atoms with Crippen LogP contribution in [-0.4, -0.2) is 26.0 Å². The van der Waals surface area contributed by atoms with Gasteiger partial charge in [0.2, 0.25) is 5.76 Å². The molecule has 0 atom stereocenters. The largest absolute Gasteiger partial charge is 0.490 e. The highest BCUT2D eigenvalue weighted by Gasteiger charge is 2.10. The van der Waals surface area contributed by atoms with Gasteiger partial charge in [0, 0.05) is 6.08 Å². The molecule has 0 heterocycles. The minimum atomic E-state index is -0.682. The first-order valence-corrected chi connectivity index (χ1v) is 5.28. The lowest BCUT2D eigenvalue weighted by Gasteiger charge is -2.01. The quantitative estimate of drug-likeness (QED) is 0.453. The molecule has 0 aliphatic heterocycles. The Hall–Kier alpha value is -2.36. The van der Waals surface area contributed by atoms with E-state index in [0.717, 1.165) is 11.6 Å². The molecule has 1 rings (SSSR count). The summed E-state index contributed by atoms with van der Waals surface area (Å²) < 4.78 is 9.22. The van der Waals surface area contributed by atoms with Crippen LogP contribution in [0.1, 0.15) is 5.56 Å². The van der Waals surface area contributed by atoms with E-state index in [4.69, 9.17) is 4.74 Å². The highest BCUT2D eigenvalue weighted by molar-refractivity contribution is 6.06. The third-order valence-corrected chi connectivity index (χ3v) is 2.12. The molecule has 0 unspecified atom stereocenters. The van der Waals surface area contributed by atoms with Gasteiger partial charge < -0.3 is 9.47 Å². The average molecular weight is 246 g/mol. The predicted molar refractivity (Wildman–Crippen MR) is 67.6 cm³/mol. The van der Waals surface area contributed by atoms with Crippen molar-refractivity contribution in [2.24, 2.45) is 0 Å². The maximum atomic E-state index is 11.6. The molecule has 4 nitrogen and oxygen atoms in total. The summed E-state index contributed by atoms with van der Waals surface area (Å²) in [5.41, 5.74) is 0.899. The SMILES string of the molecule is COC(=O)C(=CC(=O)C=Cc1ccccc1)OC. The van der Waals surface area contributed by atoms with Crippen molar-refractivity contribution in [1.29, 1.82) is 0 Å². The normalized spacial score (nSPS) is 11.3. The van der Waals surface area contributed by atoms with Crippen molar-refractivity contribution in [2.75, 3.05) is 14.2 Å². The third-order valence-electron chi connectivity index (χ3n) is 2.12. The van der Waals surface area contributed by atoms with Crippen LogP contribution in [0, 0.1) is 0 Å². The summed E-state index contributed by atoms with van der Waals surface area (Å²) in [7, 11) is 2.52. The zero-order valence-electron chi connectivity index (χ0n) is 10.3. The van der Waals surface area contributed by atoms with Crippen molar-refractivity contribution in [3.63, 3.8) is 0 Å². The maximum absolute atomic E-state index is 11.6. The molecule has 0 saturated heterocycles. The zero-order valence-corrected chi connectivity index (χ0v) is 10.3. The minimum absolute atomic E-state index is 0.125. The summed E-state index contributed by atoms with van der Waals surface area (Å²) in [6.45, 7) is 0. The lowest BCUT2D eigenvalue weighted by Crippen LogP contribution is -2.08. The molecule has 0 radical (unpaired) electrons. The second-order valence-electron chi connectivity index (χ2n) is 3.35. The van der Waals surface area contributed by atoms with Gasteiger partial charge in [0.1, 0.15) is 0 Å². The molecule has 0 bridgehead atoms. The van der Waals surface area contributed by atoms with Crippen molar-refractivity contribution in [2.45, 2.75) is 0 Å². The van der Waals surface area contributed by atoms with Gasteiger partial charge in [0.25, 0.3) is 0 Å². The number of hydrogen-bond donors (Lipinski definition) is 0. The van der Waals surface area contributed by atoms with Gasteiger partial charge in [-0.15, -0.1) is 0 Å². The Bertz CT molecular complexity index is 472. The number of esters is 1. The molecule has 0 spiro atoms. The third kappa shape index (κ3) is 4.25. The molecule has 1 aromatic rings. The fraction of sp³-hybridized carbons (Fsp3) is 0.143. The standard InChI is InChI=1S/C14H14O4/c1-17-13(14(16)18-2)10-12(15)9-8-11-6-4-3-5-7-11/h3-10H,1-2H3. The molecule has 4 heteroatoms. The highest BCUT2D eigenvalue weighted by atomic mass is 16.6. The van der Waals surface area contributed by atoms with E-state index in [9.17, 15) is 9.59 Å². The first-order chi connectivity index (χ1) is 8.67. The Morgan fingerprint density at radius 2 is 1.72 bits per heavy atom. The Labute approximate surface area is 106 Å². The Morgan fingerprint density at radius 1 is 1.06 bits per heavy atom. The van der Waals surface area contributed by atoms with E-state index in [0.29, 0.717) is 0 Å². The lowest BCUT2D eigenvalue weighted by molar-refractivity contribution is -0.139. The van der Waals surface area contributed by atoms with Gasteiger partial charge in [0.05, 0.1) is 14.2 Å². The van der Waals surface area contributed by atoms with Crippen LogP contribution in [0.4, 0.5) is 0 Å². The van der Waals surface area contributed by atoms with E-state index in [-0.39, 0.29) is 11.5 Å². The van der Waals surface area contributed by atoms with Crippen molar-refractivity contribution in [3.05, 3.63) is 53.8 Å². The van der Waals surface area contributed by atoms with Crippen LogP contribution in [0.2, 0.25) is 0 Å². The second-order valence-corrected chi connectivity index (χ2v) is 3.35. The summed E-state index contributed by atoms with van der Waals surface area (Å²) in [5, 5.41) is 0. The number of carbonyl (C=O) groups is 2. The van der Waals surface area contributed by atoms with E-state index in [1.165, 1.54) is 20.3 Å². The molecule has 0 saturated carbocycles. The highest BCUT2D eigenvalue weighted by Crippen LogP contribution is 2.03. The van der Waals surface area contributed by atoms with Crippen LogP contribution < -0.4 is 0 Å². The molecule has 0 aromatic heterocycles. The predicted octanol–water partition coefficient (Wildman–Crippen LogP) is 1.97. The number of hydrogen-bond acceptors (Lipinski definition) is 4. The summed E-state index contributed by atoms with van der Waals surface area (Å²) in [4.78, 5) is 22.7. The van der Waals surface area contributed by atoms with Gasteiger partial charge in [0.15, 0.2) is 5.78 Å². The Balaban J connectivity index is 2.74. The van der Waals surface area contributed by atoms with Gasteiger partial charge in [-0.25, -0.2) is 4.79 Å². The number of benzene rings is 1. The van der Waals surface area contributed by atoms with Crippen LogP contribution >= 0.6 is 0 Å². The maximum Gasteiger partial charge on any atom is 0.373 e. The Kier molecular flexibility index (Phi) is 5.38. The number of ketones is 1. The molecule has 0 aliphatic carbocycles. The van der Waals surface area contributed by atoms with Crippen molar-refractivity contribution >= 4 is 17.8 Å². The van der Waals surface area contributed by atoms with Crippen LogP contribution in [0.25, 0.3) is 6.08 Å². The molecular weight excluding hydrogens is 232 g/mol. The molecule has 0 amide bonds. The molecule has 18 heavy (non-hydrogen) atoms. The Morgan fingerprint density at radius 3 is 2.28 bits per heavy atom. The van der Waals surface area contributed by atoms with E-state index >= 15 is 0 Å². The summed E-state index contributed by atoms with van der Waals surface area (Å²) in [6.07, 6.45) is 4.10. The zero-order chi connectivity index (χ0) is 13.4. The topological polar surface area (TPSA) is 52.6 Å². The van der Waals surface area contributed by atoms with Gasteiger partial charge >= 0.3 is 5.97 Å². The second kappa shape index (κ2) is 7.06. The van der Waals surface area contributed by atoms with Crippen LogP contribution in [0.3, 0.4) is 0 Å². The minimum Gasteiger partial charge on any atom is -0.490 e. The van der Waals surface area contributed by atoms with E-state index in [2.05, 4.69) is 4.74 Å². The first-order valence-electron chi connectivity index (χ1n) is 5.28. The monoisotopic (exact) mass is 246 g/mol. The molecule has 0 fully saturated rings. The number of rotatable bonds is 5. The van der Waals surface area contributed by atoms with Gasteiger partial charge in [-0.3, -0.25) is 4.79 Å². The number of carbonyl (C=O) groups excluding carboxylic acids is 2. The molecule has 0 N–H and O–H groups in total. The molecular formula is C14H14O4. The average Bonchev–Trinajstić information content (AvgIpc) is 2.42. The summed E-state index contributed by atoms with van der Waals surface area (Å²) >= 11 is 0. The van der Waals surface area contributed by atoms with Crippen molar-refractivity contribution < 1.29 is 19.1 Å². The fourth-order valence-electron chi connectivity index (χ4n) is 1.22. The molecule has 94 valence electrons. The van der Waals surface area contributed by atoms with E-state index < -0.39 is 5.97 Å². The number of allylic oxidation sites excluding steroid dienone is 2. The molecule has 0 aliphatic rings. The van der Waals surface area contributed by atoms with Crippen LogP contribution in [0.5, 0.6) is 0 Å². The number of methoxy groups -OCH3 is 2. The molecule has 1 aromatic carbocycles. The van der Waals surface area contributed by atoms with Crippen LogP contribution in [-0.2, 0) is 19.1 Å². The van der Waals surface area contributed by atoms with Gasteiger partial charge in [-0.05, 0) is 11.6 Å². The van der Waals surface area contributed by atoms with Crippen molar-refractivity contribution in [1.82, 2.24) is 0 Å². The fourth-order valence-corrected chi connectivity index (χ4v) is 1.22. The smallest absolute Gasteiger partial charge is 0.373 e. The van der Waals surface area contributed by atoms with E-state index in [1.807, 2.05) is 30.3 Å². The summed E-state index contributed by atoms with van der Waals surface area (Å²) in [6, 6.07) is 9.36. The van der Waals surface area contributed by atoms with E-state index in [1.54, 1.807) is 6.08 Å². The van der Waals surface area contributed by atoms with Crippen LogP contribution in [0.15, 0.2) is 48.2 Å². The first kappa shape index (κ1) is 13.7. The number of ether oxygens (including phenoxy) is 2. The van der Waals surface area contributed by atoms with Gasteiger partial charge in [-0.2, -0.15) is 0 Å². The van der Waals surface area contributed by atoms with Gasteiger partial charge in [-0.1, -0.05) is 36.4 Å². The van der Waals surface area contributed by atoms with Crippen molar-refractivity contribution in [3.8, 4) is 0 Å².